The van der Waals surface area contributed by atoms with Crippen LogP contribution in [0.1, 0.15) is 11.1 Å². The summed E-state index contributed by atoms with van der Waals surface area (Å²) in [6.07, 6.45) is 3.50. The third-order valence-corrected chi connectivity index (χ3v) is 3.78. The highest BCUT2D eigenvalue weighted by Gasteiger charge is 2.13. The molecule has 0 aromatic heterocycles. The first-order valence-electron chi connectivity index (χ1n) is 8.10. The quantitative estimate of drug-likeness (QED) is 0.444. The van der Waals surface area contributed by atoms with Gasteiger partial charge in [0.1, 0.15) is 17.4 Å². The summed E-state index contributed by atoms with van der Waals surface area (Å²) >= 11 is 0. The zero-order valence-corrected chi connectivity index (χ0v) is 15.2. The molecule has 0 atom stereocenters. The van der Waals surface area contributed by atoms with Crippen molar-refractivity contribution in [3.63, 3.8) is 0 Å². The molecule has 0 aliphatic rings. The Labute approximate surface area is 158 Å². The first-order valence-corrected chi connectivity index (χ1v) is 8.10. The number of nitrogens with one attached hydrogen (secondary N) is 1. The molecule has 2 rings (SSSR count). The Hall–Kier alpha value is -3.72. The van der Waals surface area contributed by atoms with Crippen LogP contribution in [-0.4, -0.2) is 25.2 Å². The number of ether oxygens (including phenoxy) is 2. The summed E-state index contributed by atoms with van der Waals surface area (Å²) < 4.78 is 10.2. The van der Waals surface area contributed by atoms with E-state index < -0.39 is 5.91 Å². The maximum absolute atomic E-state index is 12.4. The van der Waals surface area contributed by atoms with Crippen LogP contribution in [0.15, 0.2) is 54.6 Å². The number of benzene rings is 2. The first-order chi connectivity index (χ1) is 13.0. The van der Waals surface area contributed by atoms with Gasteiger partial charge in [-0.1, -0.05) is 6.08 Å². The minimum absolute atomic E-state index is 0.00995. The molecule has 0 heterocycles. The van der Waals surface area contributed by atoms with Gasteiger partial charge in [0.2, 0.25) is 0 Å². The summed E-state index contributed by atoms with van der Waals surface area (Å²) in [6, 6.07) is 11.9. The second kappa shape index (κ2) is 9.11. The number of amides is 1. The molecule has 0 saturated heterocycles. The normalized spacial score (nSPS) is 10.6. The lowest BCUT2D eigenvalue weighted by molar-refractivity contribution is -0.112. The van der Waals surface area contributed by atoms with Crippen LogP contribution in [0.5, 0.6) is 17.2 Å². The molecule has 27 heavy (non-hydrogen) atoms. The van der Waals surface area contributed by atoms with Crippen molar-refractivity contribution in [3.05, 3.63) is 65.8 Å². The van der Waals surface area contributed by atoms with Crippen LogP contribution in [0.4, 0.5) is 5.69 Å². The topological polar surface area (TPSA) is 91.6 Å². The molecule has 1 amide bonds. The van der Waals surface area contributed by atoms with Gasteiger partial charge in [0, 0.05) is 11.3 Å². The van der Waals surface area contributed by atoms with Crippen LogP contribution in [0.2, 0.25) is 0 Å². The molecular weight excluding hydrogens is 344 g/mol. The van der Waals surface area contributed by atoms with Crippen molar-refractivity contribution in [2.45, 2.75) is 6.42 Å². The lowest BCUT2D eigenvalue weighted by Gasteiger charge is -2.10. The number of rotatable bonds is 7. The van der Waals surface area contributed by atoms with E-state index in [-0.39, 0.29) is 17.1 Å². The van der Waals surface area contributed by atoms with Gasteiger partial charge in [-0.15, -0.1) is 6.58 Å². The highest BCUT2D eigenvalue weighted by Crippen LogP contribution is 2.32. The molecule has 0 unspecified atom stereocenters. The van der Waals surface area contributed by atoms with Gasteiger partial charge >= 0.3 is 0 Å². The van der Waals surface area contributed by atoms with Crippen molar-refractivity contribution >= 4 is 17.7 Å². The molecule has 0 fully saturated rings. The average molecular weight is 364 g/mol. The monoisotopic (exact) mass is 364 g/mol. The first kappa shape index (κ1) is 19.6. The third kappa shape index (κ3) is 4.89. The SMILES string of the molecule is C=CCc1cc(/C=C(\C#N)C(=O)Nc2ccc(OC)cc2)cc(OC)c1O. The molecule has 0 saturated carbocycles. The molecule has 2 aromatic carbocycles. The number of nitrogens with zero attached hydrogens (tertiary/aromatic N) is 1. The molecule has 6 heteroatoms. The van der Waals surface area contributed by atoms with Crippen molar-refractivity contribution in [1.82, 2.24) is 0 Å². The van der Waals surface area contributed by atoms with E-state index in [1.165, 1.54) is 13.2 Å². The van der Waals surface area contributed by atoms with Gasteiger partial charge in [-0.2, -0.15) is 5.26 Å². The van der Waals surface area contributed by atoms with E-state index in [0.29, 0.717) is 29.0 Å². The smallest absolute Gasteiger partial charge is 0.266 e. The van der Waals surface area contributed by atoms with Crippen LogP contribution < -0.4 is 14.8 Å². The number of nitriles is 1. The van der Waals surface area contributed by atoms with Crippen molar-refractivity contribution in [2.75, 3.05) is 19.5 Å². The Morgan fingerprint density at radius 1 is 1.26 bits per heavy atom. The van der Waals surface area contributed by atoms with Gasteiger partial charge in [-0.05, 0) is 54.5 Å². The van der Waals surface area contributed by atoms with Gasteiger partial charge in [0.05, 0.1) is 14.2 Å². The fourth-order valence-corrected chi connectivity index (χ4v) is 2.43. The predicted molar refractivity (Wildman–Crippen MR) is 104 cm³/mol. The van der Waals surface area contributed by atoms with Crippen molar-refractivity contribution in [2.24, 2.45) is 0 Å². The lowest BCUT2D eigenvalue weighted by atomic mass is 10.0. The summed E-state index contributed by atoms with van der Waals surface area (Å²) in [5, 5.41) is 22.2. The Morgan fingerprint density at radius 2 is 1.96 bits per heavy atom. The van der Waals surface area contributed by atoms with E-state index >= 15 is 0 Å². The molecule has 2 N–H and O–H groups in total. The van der Waals surface area contributed by atoms with E-state index in [0.717, 1.165) is 0 Å². The Balaban J connectivity index is 2.31. The molecule has 0 aliphatic heterocycles. The number of phenolic OH excluding ortho intramolecular Hbond substituents is 1. The van der Waals surface area contributed by atoms with Gasteiger partial charge in [-0.25, -0.2) is 0 Å². The van der Waals surface area contributed by atoms with Crippen molar-refractivity contribution in [3.8, 4) is 23.3 Å². The highest BCUT2D eigenvalue weighted by atomic mass is 16.5. The fourth-order valence-electron chi connectivity index (χ4n) is 2.43. The standard InChI is InChI=1S/C21H20N2O4/c1-4-5-15-10-14(12-19(27-3)20(15)24)11-16(13-22)21(25)23-17-6-8-18(26-2)9-7-17/h4,6-12,24H,1,5H2,2-3H3,(H,23,25)/b16-11+. The molecule has 6 nitrogen and oxygen atoms in total. The second-order valence-corrected chi connectivity index (χ2v) is 5.58. The maximum atomic E-state index is 12.4. The summed E-state index contributed by atoms with van der Waals surface area (Å²) in [5.41, 5.74) is 1.60. The van der Waals surface area contributed by atoms with Gasteiger partial charge in [-0.3, -0.25) is 4.79 Å². The Morgan fingerprint density at radius 3 is 2.52 bits per heavy atom. The minimum atomic E-state index is -0.542. The lowest BCUT2D eigenvalue weighted by Crippen LogP contribution is -2.13. The molecule has 0 radical (unpaired) electrons. The molecule has 2 aromatic rings. The number of allylic oxidation sites excluding steroid dienone is 1. The van der Waals surface area contributed by atoms with Gasteiger partial charge < -0.3 is 19.9 Å². The van der Waals surface area contributed by atoms with Crippen LogP contribution in [0.3, 0.4) is 0 Å². The summed E-state index contributed by atoms with van der Waals surface area (Å²) in [4.78, 5) is 12.4. The van der Waals surface area contributed by atoms with Gasteiger partial charge in [0.25, 0.3) is 5.91 Å². The maximum Gasteiger partial charge on any atom is 0.266 e. The summed E-state index contributed by atoms with van der Waals surface area (Å²) in [7, 11) is 2.98. The number of carbonyl (C=O) groups is 1. The number of hydrogen-bond acceptors (Lipinski definition) is 5. The Bertz CT molecular complexity index is 909. The van der Waals surface area contributed by atoms with Crippen molar-refractivity contribution < 1.29 is 19.4 Å². The molecule has 0 spiro atoms. The van der Waals surface area contributed by atoms with Crippen LogP contribution in [0, 0.1) is 11.3 Å². The highest BCUT2D eigenvalue weighted by molar-refractivity contribution is 6.09. The molecule has 0 bridgehead atoms. The van der Waals surface area contributed by atoms with Gasteiger partial charge in [0.15, 0.2) is 11.5 Å². The van der Waals surface area contributed by atoms with E-state index in [2.05, 4.69) is 11.9 Å². The molecular formula is C21H20N2O4. The van der Waals surface area contributed by atoms with E-state index in [1.807, 2.05) is 6.07 Å². The molecule has 138 valence electrons. The molecule has 0 aliphatic carbocycles. The average Bonchev–Trinajstić information content (AvgIpc) is 2.68. The van der Waals surface area contributed by atoms with E-state index in [4.69, 9.17) is 9.47 Å². The second-order valence-electron chi connectivity index (χ2n) is 5.58. The number of methoxy groups -OCH3 is 2. The minimum Gasteiger partial charge on any atom is -0.504 e. The third-order valence-electron chi connectivity index (χ3n) is 3.78. The number of anilines is 1. The number of hydrogen-bond donors (Lipinski definition) is 2. The Kier molecular flexibility index (Phi) is 6.61. The number of aromatic hydroxyl groups is 1. The zero-order chi connectivity index (χ0) is 19.8. The fraction of sp³-hybridized carbons (Fsp3) is 0.143. The van der Waals surface area contributed by atoms with Crippen LogP contribution in [0.25, 0.3) is 6.08 Å². The number of phenols is 1. The van der Waals surface area contributed by atoms with Crippen molar-refractivity contribution in [1.29, 1.82) is 5.26 Å². The zero-order valence-electron chi connectivity index (χ0n) is 15.2. The summed E-state index contributed by atoms with van der Waals surface area (Å²) in [6.45, 7) is 3.65. The number of carbonyl (C=O) groups excluding carboxylic acids is 1. The predicted octanol–water partition coefficient (Wildman–Crippen LogP) is 3.68. The van der Waals surface area contributed by atoms with E-state index in [1.54, 1.807) is 49.6 Å². The summed E-state index contributed by atoms with van der Waals surface area (Å²) in [5.74, 6) is 0.388. The van der Waals surface area contributed by atoms with Crippen LogP contribution >= 0.6 is 0 Å². The van der Waals surface area contributed by atoms with E-state index in [9.17, 15) is 15.2 Å². The largest absolute Gasteiger partial charge is 0.504 e. The van der Waals surface area contributed by atoms with Crippen LogP contribution in [-0.2, 0) is 11.2 Å².